The lowest BCUT2D eigenvalue weighted by atomic mass is 9.98. The van der Waals surface area contributed by atoms with Gasteiger partial charge in [0.1, 0.15) is 10.7 Å². The van der Waals surface area contributed by atoms with Crippen molar-refractivity contribution in [3.05, 3.63) is 63.0 Å². The zero-order valence-electron chi connectivity index (χ0n) is 16.4. The first-order valence-electron chi connectivity index (χ1n) is 9.06. The second-order valence-electron chi connectivity index (χ2n) is 7.42. The molecule has 0 aliphatic heterocycles. The smallest absolute Gasteiger partial charge is 0.209 e. The van der Waals surface area contributed by atoms with Gasteiger partial charge < -0.3 is 16.2 Å². The Labute approximate surface area is 193 Å². The van der Waals surface area contributed by atoms with Crippen molar-refractivity contribution in [1.29, 1.82) is 0 Å². The highest BCUT2D eigenvalue weighted by molar-refractivity contribution is 7.99. The number of hydrogen-bond donors (Lipinski definition) is 3. The van der Waals surface area contributed by atoms with E-state index in [0.717, 1.165) is 27.7 Å². The average molecular weight is 482 g/mol. The number of nitrogen functional groups attached to an aromatic ring is 1. The minimum atomic E-state index is -0.355. The molecule has 0 aliphatic carbocycles. The lowest BCUT2D eigenvalue weighted by Gasteiger charge is -2.20. The molecule has 1 aromatic heterocycles. The molecule has 3 aromatic rings. The molecular formula is C21H21Cl2N3O2S2. The van der Waals surface area contributed by atoms with Gasteiger partial charge in [0.2, 0.25) is 5.78 Å². The van der Waals surface area contributed by atoms with E-state index in [0.29, 0.717) is 5.13 Å². The molecule has 30 heavy (non-hydrogen) atoms. The molecule has 0 saturated carbocycles. The molecule has 1 heterocycles. The molecule has 0 saturated heterocycles. The van der Waals surface area contributed by atoms with Crippen LogP contribution < -0.4 is 11.1 Å². The molecule has 9 heteroatoms. The number of nitrogens with two attached hydrogens (primary N) is 1. The number of nitrogens with one attached hydrogen (secondary N) is 1. The number of ketones is 1. The van der Waals surface area contributed by atoms with E-state index in [-0.39, 0.29) is 44.1 Å². The Morgan fingerprint density at radius 1 is 1.20 bits per heavy atom. The van der Waals surface area contributed by atoms with Gasteiger partial charge in [-0.3, -0.25) is 4.79 Å². The van der Waals surface area contributed by atoms with Crippen molar-refractivity contribution >= 4 is 68.7 Å². The maximum Gasteiger partial charge on any atom is 0.209 e. The molecule has 158 valence electrons. The molecule has 3 rings (SSSR count). The number of halogens is 2. The minimum Gasteiger partial charge on any atom is -0.396 e. The van der Waals surface area contributed by atoms with Crippen LogP contribution in [0.2, 0.25) is 10.0 Å². The van der Waals surface area contributed by atoms with Gasteiger partial charge in [0.25, 0.3) is 0 Å². The van der Waals surface area contributed by atoms with Gasteiger partial charge in [-0.05, 0) is 41.8 Å². The molecule has 0 spiro atoms. The number of thiazole rings is 1. The second kappa shape index (κ2) is 9.58. The number of benzene rings is 2. The number of rotatable bonds is 8. The van der Waals surface area contributed by atoms with Crippen LogP contribution >= 0.6 is 46.3 Å². The molecule has 5 nitrogen and oxygen atoms in total. The first-order chi connectivity index (χ1) is 14.2. The lowest BCUT2D eigenvalue weighted by molar-refractivity contribution is 0.104. The molecular weight excluding hydrogens is 461 g/mol. The Balaban J connectivity index is 1.72. The van der Waals surface area contributed by atoms with Crippen molar-refractivity contribution in [3.63, 3.8) is 0 Å². The Kier molecular flexibility index (Phi) is 7.31. The van der Waals surface area contributed by atoms with Gasteiger partial charge in [0.15, 0.2) is 5.13 Å². The first kappa shape index (κ1) is 22.9. The van der Waals surface area contributed by atoms with Gasteiger partial charge in [-0.2, -0.15) is 0 Å². The van der Waals surface area contributed by atoms with Crippen LogP contribution in [0.4, 0.5) is 16.6 Å². The fourth-order valence-corrected chi connectivity index (χ4v) is 4.86. The third-order valence-electron chi connectivity index (χ3n) is 4.21. The van der Waals surface area contributed by atoms with Gasteiger partial charge in [-0.1, -0.05) is 54.5 Å². The fraction of sp³-hybridized carbons (Fsp3) is 0.238. The van der Waals surface area contributed by atoms with Crippen LogP contribution in [0.5, 0.6) is 0 Å². The Morgan fingerprint density at radius 2 is 1.83 bits per heavy atom. The highest BCUT2D eigenvalue weighted by Gasteiger charge is 2.22. The number of carbonyl (C=O) groups is 1. The Bertz CT molecular complexity index is 1030. The van der Waals surface area contributed by atoms with Gasteiger partial charge in [-0.25, -0.2) is 4.98 Å². The summed E-state index contributed by atoms with van der Waals surface area (Å²) >= 11 is 15.1. The number of hydrogen-bond acceptors (Lipinski definition) is 7. The summed E-state index contributed by atoms with van der Waals surface area (Å²) in [7, 11) is 0. The summed E-state index contributed by atoms with van der Waals surface area (Å²) in [6.45, 7) is 4.19. The van der Waals surface area contributed by atoms with Crippen molar-refractivity contribution in [2.75, 3.05) is 23.4 Å². The SMILES string of the molecule is CC(C)(CO)CSc1ccc(Nc2nc(N)c(C(=O)c3c(Cl)cccc3Cl)s2)cc1. The molecule has 0 amide bonds. The van der Waals surface area contributed by atoms with Crippen molar-refractivity contribution in [2.45, 2.75) is 18.7 Å². The van der Waals surface area contributed by atoms with E-state index in [9.17, 15) is 9.90 Å². The molecule has 0 bridgehead atoms. The van der Waals surface area contributed by atoms with Crippen LogP contribution in [0.15, 0.2) is 47.4 Å². The van der Waals surface area contributed by atoms with Crippen LogP contribution in [-0.2, 0) is 0 Å². The summed E-state index contributed by atoms with van der Waals surface area (Å²) in [5.41, 5.74) is 6.89. The van der Waals surface area contributed by atoms with Crippen LogP contribution in [-0.4, -0.2) is 28.2 Å². The van der Waals surface area contributed by atoms with E-state index < -0.39 is 0 Å². The van der Waals surface area contributed by atoms with Crippen LogP contribution in [0.3, 0.4) is 0 Å². The predicted molar refractivity (Wildman–Crippen MR) is 128 cm³/mol. The normalized spacial score (nSPS) is 11.5. The number of aromatic nitrogens is 1. The van der Waals surface area contributed by atoms with Gasteiger partial charge in [0, 0.05) is 22.9 Å². The molecule has 0 aliphatic rings. The zero-order valence-corrected chi connectivity index (χ0v) is 19.6. The summed E-state index contributed by atoms with van der Waals surface area (Å²) < 4.78 is 0. The molecule has 2 aromatic carbocycles. The van der Waals surface area contributed by atoms with Gasteiger partial charge >= 0.3 is 0 Å². The summed E-state index contributed by atoms with van der Waals surface area (Å²) in [4.78, 5) is 18.5. The van der Waals surface area contributed by atoms with E-state index in [2.05, 4.69) is 10.3 Å². The highest BCUT2D eigenvalue weighted by Crippen LogP contribution is 2.34. The number of anilines is 3. The molecule has 0 fully saturated rings. The van der Waals surface area contributed by atoms with E-state index in [4.69, 9.17) is 28.9 Å². The zero-order chi connectivity index (χ0) is 21.9. The monoisotopic (exact) mass is 481 g/mol. The third kappa shape index (κ3) is 5.47. The van der Waals surface area contributed by atoms with E-state index in [1.165, 1.54) is 0 Å². The quantitative estimate of drug-likeness (QED) is 0.265. The van der Waals surface area contributed by atoms with Crippen LogP contribution in [0.1, 0.15) is 29.1 Å². The first-order valence-corrected chi connectivity index (χ1v) is 11.6. The Hall–Kier alpha value is -1.77. The molecule has 0 atom stereocenters. The Morgan fingerprint density at radius 3 is 2.43 bits per heavy atom. The number of thioether (sulfide) groups is 1. The largest absolute Gasteiger partial charge is 0.396 e. The van der Waals surface area contributed by atoms with Crippen molar-refractivity contribution < 1.29 is 9.90 Å². The van der Waals surface area contributed by atoms with Crippen molar-refractivity contribution in [1.82, 2.24) is 4.98 Å². The number of carbonyl (C=O) groups excluding carboxylic acids is 1. The third-order valence-corrected chi connectivity index (χ3v) is 7.36. The van der Waals surface area contributed by atoms with E-state index in [1.807, 2.05) is 38.1 Å². The molecule has 4 N–H and O–H groups in total. The van der Waals surface area contributed by atoms with E-state index >= 15 is 0 Å². The van der Waals surface area contributed by atoms with E-state index in [1.54, 1.807) is 30.0 Å². The predicted octanol–water partition coefficient (Wildman–Crippen LogP) is 6.12. The van der Waals surface area contributed by atoms with Gasteiger partial charge in [-0.15, -0.1) is 11.8 Å². The summed E-state index contributed by atoms with van der Waals surface area (Å²) in [6.07, 6.45) is 0. The highest BCUT2D eigenvalue weighted by atomic mass is 35.5. The summed E-state index contributed by atoms with van der Waals surface area (Å²) in [5, 5.41) is 13.6. The minimum absolute atomic E-state index is 0.127. The van der Waals surface area contributed by atoms with Crippen molar-refractivity contribution in [3.8, 4) is 0 Å². The fourth-order valence-electron chi connectivity index (χ4n) is 2.46. The number of aliphatic hydroxyl groups excluding tert-OH is 1. The standard InChI is InChI=1S/C21H21Cl2N3O2S2/c1-21(2,10-27)11-29-13-8-6-12(7-9-13)25-20-26-19(24)18(30-20)17(28)16-14(22)4-3-5-15(16)23/h3-9,27H,10-11,24H2,1-2H3,(H,25,26). The topological polar surface area (TPSA) is 88.2 Å². The number of nitrogens with zero attached hydrogens (tertiary/aromatic N) is 1. The summed E-state index contributed by atoms with van der Waals surface area (Å²) in [6, 6.07) is 12.7. The van der Waals surface area contributed by atoms with Crippen LogP contribution in [0.25, 0.3) is 0 Å². The maximum absolute atomic E-state index is 12.9. The van der Waals surface area contributed by atoms with Gasteiger partial charge in [0.05, 0.1) is 15.6 Å². The molecule has 0 unspecified atom stereocenters. The van der Waals surface area contributed by atoms with Crippen LogP contribution in [0, 0.1) is 5.41 Å². The maximum atomic E-state index is 12.9. The van der Waals surface area contributed by atoms with Crippen molar-refractivity contribution in [2.24, 2.45) is 5.41 Å². The molecule has 0 radical (unpaired) electrons. The number of aliphatic hydroxyl groups is 1. The second-order valence-corrected chi connectivity index (χ2v) is 10.3. The average Bonchev–Trinajstić information content (AvgIpc) is 3.07. The summed E-state index contributed by atoms with van der Waals surface area (Å²) in [5.74, 6) is 0.587. The lowest BCUT2D eigenvalue weighted by Crippen LogP contribution is -2.19.